The van der Waals surface area contributed by atoms with E-state index in [9.17, 15) is 13.2 Å². The molecule has 5 nitrogen and oxygen atoms in total. The number of anilines is 1. The number of amides is 1. The molecule has 31 heavy (non-hydrogen) atoms. The lowest BCUT2D eigenvalue weighted by Crippen LogP contribution is -2.38. The van der Waals surface area contributed by atoms with Gasteiger partial charge >= 0.3 is 0 Å². The van der Waals surface area contributed by atoms with E-state index in [2.05, 4.69) is 24.3 Å². The van der Waals surface area contributed by atoms with E-state index in [1.807, 2.05) is 11.0 Å². The van der Waals surface area contributed by atoms with E-state index in [0.29, 0.717) is 21.4 Å². The molecule has 0 N–H and O–H groups in total. The number of carbonyl (C=O) groups is 1. The number of hydrogen-bond donors (Lipinski definition) is 0. The van der Waals surface area contributed by atoms with Gasteiger partial charge in [0, 0.05) is 25.7 Å². The Balaban J connectivity index is 1.37. The number of likely N-dealkylation sites (tertiary alicyclic amines) is 1. The molecule has 3 aromatic rings. The van der Waals surface area contributed by atoms with E-state index >= 15 is 0 Å². The molecule has 0 bridgehead atoms. The van der Waals surface area contributed by atoms with Gasteiger partial charge in [0.1, 0.15) is 4.21 Å². The van der Waals surface area contributed by atoms with Crippen molar-refractivity contribution in [1.29, 1.82) is 0 Å². The van der Waals surface area contributed by atoms with Crippen molar-refractivity contribution in [2.24, 2.45) is 5.92 Å². The molecule has 1 aromatic heterocycles. The highest BCUT2D eigenvalue weighted by atomic mass is 32.2. The first-order valence-electron chi connectivity index (χ1n) is 10.4. The summed E-state index contributed by atoms with van der Waals surface area (Å²) in [7, 11) is -2.05. The highest BCUT2D eigenvalue weighted by Crippen LogP contribution is 2.26. The van der Waals surface area contributed by atoms with Gasteiger partial charge in [-0.25, -0.2) is 8.42 Å². The van der Waals surface area contributed by atoms with E-state index < -0.39 is 10.0 Å². The summed E-state index contributed by atoms with van der Waals surface area (Å²) in [5, 5.41) is 1.74. The average Bonchev–Trinajstić information content (AvgIpc) is 3.35. The Morgan fingerprint density at radius 1 is 1.00 bits per heavy atom. The van der Waals surface area contributed by atoms with Crippen LogP contribution in [0.25, 0.3) is 0 Å². The predicted molar refractivity (Wildman–Crippen MR) is 125 cm³/mol. The van der Waals surface area contributed by atoms with E-state index in [1.54, 1.807) is 41.8 Å². The number of rotatable bonds is 6. The van der Waals surface area contributed by atoms with Crippen LogP contribution in [-0.2, 0) is 16.4 Å². The molecule has 0 aliphatic carbocycles. The zero-order valence-electron chi connectivity index (χ0n) is 17.5. The van der Waals surface area contributed by atoms with Crippen LogP contribution in [-0.4, -0.2) is 39.4 Å². The summed E-state index contributed by atoms with van der Waals surface area (Å²) < 4.78 is 26.9. The maximum Gasteiger partial charge on any atom is 0.273 e. The molecule has 0 saturated carbocycles. The number of carbonyl (C=O) groups excluding carboxylic acids is 1. The third-order valence-electron chi connectivity index (χ3n) is 5.86. The van der Waals surface area contributed by atoms with Crippen LogP contribution in [0.5, 0.6) is 0 Å². The van der Waals surface area contributed by atoms with Crippen molar-refractivity contribution in [3.63, 3.8) is 0 Å². The van der Waals surface area contributed by atoms with Crippen molar-refractivity contribution in [2.75, 3.05) is 24.4 Å². The first kappa shape index (κ1) is 21.6. The fourth-order valence-corrected chi connectivity index (χ4v) is 6.32. The summed E-state index contributed by atoms with van der Waals surface area (Å²) in [5.74, 6) is 0.610. The fourth-order valence-electron chi connectivity index (χ4n) is 3.97. The van der Waals surface area contributed by atoms with Gasteiger partial charge < -0.3 is 4.90 Å². The normalized spacial score (nSPS) is 15.1. The lowest BCUT2D eigenvalue weighted by molar-refractivity contribution is 0.0690. The standard InChI is InChI=1S/C24H26N2O3S2/c1-25(31(28,29)23-8-5-17-30-23)22-11-9-21(10-12-22)24(27)26-15-13-20(14-16-26)18-19-6-3-2-4-7-19/h2-12,17,20H,13-16,18H2,1H3. The Kier molecular flexibility index (Phi) is 6.43. The quantitative estimate of drug-likeness (QED) is 0.544. The second kappa shape index (κ2) is 9.24. The fraction of sp³-hybridized carbons (Fsp3) is 0.292. The lowest BCUT2D eigenvalue weighted by Gasteiger charge is -2.32. The number of piperidine rings is 1. The average molecular weight is 455 g/mol. The van der Waals surface area contributed by atoms with E-state index in [-0.39, 0.29) is 5.91 Å². The maximum atomic E-state index is 12.9. The molecule has 0 unspecified atom stereocenters. The second-order valence-corrected chi connectivity index (χ2v) is 11.0. The largest absolute Gasteiger partial charge is 0.339 e. The Hall–Kier alpha value is -2.64. The van der Waals surface area contributed by atoms with Gasteiger partial charge in [-0.05, 0) is 66.5 Å². The number of sulfonamides is 1. The maximum absolute atomic E-state index is 12.9. The first-order chi connectivity index (χ1) is 14.9. The van der Waals surface area contributed by atoms with E-state index in [4.69, 9.17) is 0 Å². The molecule has 7 heteroatoms. The summed E-state index contributed by atoms with van der Waals surface area (Å²) in [6.07, 6.45) is 3.06. The Bertz CT molecular complexity index is 1100. The van der Waals surface area contributed by atoms with Gasteiger partial charge in [0.15, 0.2) is 0 Å². The zero-order chi connectivity index (χ0) is 21.8. The molecule has 0 atom stereocenters. The molecule has 1 aliphatic rings. The van der Waals surface area contributed by atoms with Gasteiger partial charge in [-0.3, -0.25) is 9.10 Å². The lowest BCUT2D eigenvalue weighted by atomic mass is 9.90. The summed E-state index contributed by atoms with van der Waals surface area (Å²) in [6, 6.07) is 20.6. The van der Waals surface area contributed by atoms with Gasteiger partial charge in [0.25, 0.3) is 15.9 Å². The first-order valence-corrected chi connectivity index (χ1v) is 12.7. The molecule has 162 valence electrons. The van der Waals surface area contributed by atoms with Gasteiger partial charge in [-0.1, -0.05) is 36.4 Å². The number of hydrogen-bond acceptors (Lipinski definition) is 4. The highest BCUT2D eigenvalue weighted by molar-refractivity contribution is 7.94. The minimum atomic E-state index is -3.58. The minimum Gasteiger partial charge on any atom is -0.339 e. The van der Waals surface area contributed by atoms with Crippen molar-refractivity contribution in [3.05, 3.63) is 83.2 Å². The van der Waals surface area contributed by atoms with Crippen molar-refractivity contribution >= 4 is 33.0 Å². The van der Waals surface area contributed by atoms with Crippen molar-refractivity contribution in [1.82, 2.24) is 4.90 Å². The third kappa shape index (κ3) is 4.83. The van der Waals surface area contributed by atoms with Gasteiger partial charge in [-0.2, -0.15) is 0 Å². The Morgan fingerprint density at radius 2 is 1.68 bits per heavy atom. The van der Waals surface area contributed by atoms with Crippen LogP contribution >= 0.6 is 11.3 Å². The number of thiophene rings is 1. The zero-order valence-corrected chi connectivity index (χ0v) is 19.1. The van der Waals surface area contributed by atoms with E-state index in [1.165, 1.54) is 28.3 Å². The van der Waals surface area contributed by atoms with Crippen LogP contribution in [0, 0.1) is 5.92 Å². The van der Waals surface area contributed by atoms with Crippen LogP contribution < -0.4 is 4.31 Å². The molecule has 1 fully saturated rings. The summed E-state index contributed by atoms with van der Waals surface area (Å²) in [5.41, 5.74) is 2.48. The second-order valence-electron chi connectivity index (χ2n) is 7.88. The van der Waals surface area contributed by atoms with Gasteiger partial charge in [-0.15, -0.1) is 11.3 Å². The SMILES string of the molecule is CN(c1ccc(C(=O)N2CCC(Cc3ccccc3)CC2)cc1)S(=O)(=O)c1cccs1. The smallest absolute Gasteiger partial charge is 0.273 e. The van der Waals surface area contributed by atoms with Crippen molar-refractivity contribution in [3.8, 4) is 0 Å². The molecule has 1 saturated heterocycles. The van der Waals surface area contributed by atoms with Gasteiger partial charge in [0.05, 0.1) is 5.69 Å². The van der Waals surface area contributed by atoms with Crippen LogP contribution in [0.1, 0.15) is 28.8 Å². The summed E-state index contributed by atoms with van der Waals surface area (Å²) >= 11 is 1.19. The number of nitrogens with zero attached hydrogens (tertiary/aromatic N) is 2. The molecule has 1 amide bonds. The molecule has 4 rings (SSSR count). The summed E-state index contributed by atoms with van der Waals surface area (Å²) in [4.78, 5) is 14.8. The van der Waals surface area contributed by atoms with Crippen LogP contribution in [0.15, 0.2) is 76.3 Å². The van der Waals surface area contributed by atoms with Crippen LogP contribution in [0.4, 0.5) is 5.69 Å². The molecule has 0 spiro atoms. The monoisotopic (exact) mass is 454 g/mol. The Morgan fingerprint density at radius 3 is 2.29 bits per heavy atom. The minimum absolute atomic E-state index is 0.00785. The predicted octanol–water partition coefficient (Wildman–Crippen LogP) is 4.67. The Labute approximate surface area is 188 Å². The molecule has 2 heterocycles. The highest BCUT2D eigenvalue weighted by Gasteiger charge is 2.25. The summed E-state index contributed by atoms with van der Waals surface area (Å²) in [6.45, 7) is 1.51. The topological polar surface area (TPSA) is 57.7 Å². The van der Waals surface area contributed by atoms with Crippen molar-refractivity contribution < 1.29 is 13.2 Å². The molecule has 0 radical (unpaired) electrons. The van der Waals surface area contributed by atoms with Gasteiger partial charge in [0.2, 0.25) is 0 Å². The van der Waals surface area contributed by atoms with Crippen LogP contribution in [0.2, 0.25) is 0 Å². The number of benzene rings is 2. The van der Waals surface area contributed by atoms with Crippen LogP contribution in [0.3, 0.4) is 0 Å². The molecular weight excluding hydrogens is 428 g/mol. The van der Waals surface area contributed by atoms with Crippen molar-refractivity contribution in [2.45, 2.75) is 23.5 Å². The molecule has 1 aliphatic heterocycles. The van der Waals surface area contributed by atoms with E-state index in [0.717, 1.165) is 32.4 Å². The molecular formula is C24H26N2O3S2. The third-order valence-corrected chi connectivity index (χ3v) is 9.02. The molecule has 2 aromatic carbocycles.